The minimum Gasteiger partial charge on any atom is -0.397 e. The Morgan fingerprint density at radius 1 is 1.31 bits per heavy atom. The summed E-state index contributed by atoms with van der Waals surface area (Å²) in [6, 6.07) is 6.59. The van der Waals surface area contributed by atoms with Crippen molar-refractivity contribution < 1.29 is 4.39 Å². The number of pyridine rings is 1. The van der Waals surface area contributed by atoms with Crippen molar-refractivity contribution in [1.29, 1.82) is 10.5 Å². The highest BCUT2D eigenvalue weighted by atomic mass is 19.1. The number of nitrogen functional groups attached to an aromatic ring is 2. The molecule has 2 unspecified atom stereocenters. The Hall–Kier alpha value is -3.89. The van der Waals surface area contributed by atoms with Gasteiger partial charge in [-0.25, -0.2) is 14.4 Å². The summed E-state index contributed by atoms with van der Waals surface area (Å²) in [6.45, 7) is 3.67. The van der Waals surface area contributed by atoms with Crippen LogP contribution in [-0.2, 0) is 6.54 Å². The maximum Gasteiger partial charge on any atom is 0.211 e. The number of aliphatic imine (C=N–C) groups is 1. The third-order valence-electron chi connectivity index (χ3n) is 6.06. The maximum absolute atomic E-state index is 15.1. The van der Waals surface area contributed by atoms with E-state index in [0.29, 0.717) is 29.3 Å². The topological polar surface area (TPSA) is 152 Å². The highest BCUT2D eigenvalue weighted by Gasteiger charge is 2.30. The van der Waals surface area contributed by atoms with Gasteiger partial charge in [-0.3, -0.25) is 10.2 Å². The summed E-state index contributed by atoms with van der Waals surface area (Å²) in [5, 5.41) is 23.7. The number of halogens is 1. The normalized spacial score (nSPS) is 20.3. The molecule has 164 valence electrons. The van der Waals surface area contributed by atoms with Gasteiger partial charge in [0.05, 0.1) is 5.69 Å². The summed E-state index contributed by atoms with van der Waals surface area (Å²) in [6.07, 6.45) is 5.24. The van der Waals surface area contributed by atoms with Crippen LogP contribution in [0.2, 0.25) is 0 Å². The van der Waals surface area contributed by atoms with Gasteiger partial charge in [-0.15, -0.1) is 0 Å². The number of likely N-dealkylation sites (tertiary alicyclic amines) is 1. The Labute approximate surface area is 185 Å². The second kappa shape index (κ2) is 8.69. The van der Waals surface area contributed by atoms with Crippen LogP contribution in [0.3, 0.4) is 0 Å². The number of nitrogens with two attached hydrogens (primary N) is 2. The predicted molar refractivity (Wildman–Crippen MR) is 120 cm³/mol. The third-order valence-corrected chi connectivity index (χ3v) is 6.06. The second-order valence-electron chi connectivity index (χ2n) is 8.07. The number of hydrogen-bond acceptors (Lipinski definition) is 9. The molecule has 0 aliphatic carbocycles. The highest BCUT2D eigenvalue weighted by Crippen LogP contribution is 2.40. The van der Waals surface area contributed by atoms with Crippen LogP contribution in [0.1, 0.15) is 54.5 Å². The number of nitriles is 2. The molecular formula is C22H24FN9. The van der Waals surface area contributed by atoms with Crippen molar-refractivity contribution in [3.05, 3.63) is 46.3 Å². The number of rotatable bonds is 3. The van der Waals surface area contributed by atoms with E-state index in [2.05, 4.69) is 32.4 Å². The second-order valence-corrected chi connectivity index (χ2v) is 8.07. The average Bonchev–Trinajstić information content (AvgIpc) is 2.76. The molecule has 4 rings (SSSR count). The fraction of sp³-hybridized carbons (Fsp3) is 0.364. The first-order valence-corrected chi connectivity index (χ1v) is 10.4. The summed E-state index contributed by atoms with van der Waals surface area (Å²) in [4.78, 5) is 11.0. The van der Waals surface area contributed by atoms with Gasteiger partial charge < -0.3 is 16.8 Å². The van der Waals surface area contributed by atoms with E-state index in [-0.39, 0.29) is 34.7 Å². The lowest BCUT2D eigenvalue weighted by molar-refractivity contribution is 0.151. The zero-order valence-corrected chi connectivity index (χ0v) is 17.7. The van der Waals surface area contributed by atoms with Gasteiger partial charge in [-0.1, -0.05) is 18.6 Å². The van der Waals surface area contributed by atoms with E-state index in [1.807, 2.05) is 6.07 Å². The molecule has 0 radical (unpaired) electrons. The molecule has 2 aromatic rings. The van der Waals surface area contributed by atoms with E-state index < -0.39 is 6.04 Å². The molecule has 32 heavy (non-hydrogen) atoms. The number of nitrogens with zero attached hydrogens (tertiary/aromatic N) is 5. The van der Waals surface area contributed by atoms with Crippen molar-refractivity contribution in [3.63, 3.8) is 0 Å². The van der Waals surface area contributed by atoms with Crippen molar-refractivity contribution in [3.8, 4) is 12.3 Å². The number of guanidine groups is 1. The Morgan fingerprint density at radius 2 is 2.12 bits per heavy atom. The van der Waals surface area contributed by atoms with Gasteiger partial charge in [0.15, 0.2) is 6.19 Å². The quantitative estimate of drug-likeness (QED) is 0.426. The first-order chi connectivity index (χ1) is 15.4. The molecule has 2 aliphatic rings. The Morgan fingerprint density at radius 3 is 2.81 bits per heavy atom. The molecule has 1 aromatic heterocycles. The van der Waals surface area contributed by atoms with E-state index in [1.165, 1.54) is 12.5 Å². The first kappa shape index (κ1) is 21.3. The van der Waals surface area contributed by atoms with E-state index in [9.17, 15) is 5.26 Å². The number of fused-ring (bicyclic) bond motifs is 1. The van der Waals surface area contributed by atoms with Gasteiger partial charge >= 0.3 is 0 Å². The lowest BCUT2D eigenvalue weighted by Crippen LogP contribution is -2.37. The lowest BCUT2D eigenvalue weighted by atomic mass is 9.94. The van der Waals surface area contributed by atoms with Crippen LogP contribution in [0.5, 0.6) is 0 Å². The summed E-state index contributed by atoms with van der Waals surface area (Å²) < 4.78 is 15.1. The van der Waals surface area contributed by atoms with Gasteiger partial charge in [-0.2, -0.15) is 10.5 Å². The summed E-state index contributed by atoms with van der Waals surface area (Å²) >= 11 is 0. The van der Waals surface area contributed by atoms with Gasteiger partial charge in [-0.05, 0) is 37.9 Å². The third kappa shape index (κ3) is 3.88. The minimum absolute atomic E-state index is 0.0367. The maximum atomic E-state index is 15.1. The minimum atomic E-state index is -0.764. The van der Waals surface area contributed by atoms with E-state index >= 15 is 4.39 Å². The molecule has 10 heteroatoms. The molecule has 1 aromatic carbocycles. The molecule has 1 saturated heterocycles. The molecule has 2 atom stereocenters. The summed E-state index contributed by atoms with van der Waals surface area (Å²) in [5.41, 5.74) is 13.8. The van der Waals surface area contributed by atoms with Crippen LogP contribution in [0, 0.1) is 28.6 Å². The Bertz CT molecular complexity index is 1160. The number of hydrogen-bond donors (Lipinski definition) is 4. The van der Waals surface area contributed by atoms with Crippen LogP contribution in [-0.4, -0.2) is 28.4 Å². The number of nitrogens with one attached hydrogen (secondary N) is 2. The van der Waals surface area contributed by atoms with Crippen LogP contribution >= 0.6 is 0 Å². The fourth-order valence-corrected chi connectivity index (χ4v) is 4.30. The number of aromatic nitrogens is 1. The van der Waals surface area contributed by atoms with Crippen LogP contribution in [0.4, 0.5) is 21.7 Å². The van der Waals surface area contributed by atoms with Gasteiger partial charge in [0.1, 0.15) is 35.1 Å². The molecule has 3 heterocycles. The zero-order chi connectivity index (χ0) is 22.8. The smallest absolute Gasteiger partial charge is 0.211 e. The Balaban J connectivity index is 1.73. The molecular weight excluding hydrogens is 409 g/mol. The monoisotopic (exact) mass is 433 g/mol. The summed E-state index contributed by atoms with van der Waals surface area (Å²) in [5.74, 6) is 0.0224. The predicted octanol–water partition coefficient (Wildman–Crippen LogP) is 2.57. The van der Waals surface area contributed by atoms with Crippen LogP contribution in [0.15, 0.2) is 23.2 Å². The van der Waals surface area contributed by atoms with Crippen molar-refractivity contribution in [2.24, 2.45) is 4.99 Å². The molecule has 6 N–H and O–H groups in total. The summed E-state index contributed by atoms with van der Waals surface area (Å²) in [7, 11) is 0. The molecule has 0 saturated carbocycles. The first-order valence-electron chi connectivity index (χ1n) is 10.4. The molecule has 0 bridgehead atoms. The van der Waals surface area contributed by atoms with Crippen molar-refractivity contribution in [2.45, 2.75) is 44.8 Å². The van der Waals surface area contributed by atoms with Crippen molar-refractivity contribution >= 4 is 23.3 Å². The molecule has 9 nitrogen and oxygen atoms in total. The standard InChI is InChI=1S/C22H24FN9/c1-12-4-2-3-7-32(12)10-14-6-5-13(8-16(14)23)19-17-18(26)15(9-24)20(27)30-21(17)31-22(29-19)28-11-25/h5-6,8,12,19H,2-4,7,10H2,1H3,(H6,26,27,28,29,30,31). The van der Waals surface area contributed by atoms with Gasteiger partial charge in [0, 0.05) is 23.7 Å². The van der Waals surface area contributed by atoms with Crippen LogP contribution < -0.4 is 22.1 Å². The lowest BCUT2D eigenvalue weighted by Gasteiger charge is -2.33. The molecule has 2 aliphatic heterocycles. The van der Waals surface area contributed by atoms with Crippen LogP contribution in [0.25, 0.3) is 0 Å². The molecule has 0 amide bonds. The van der Waals surface area contributed by atoms with Gasteiger partial charge in [0.25, 0.3) is 0 Å². The van der Waals surface area contributed by atoms with E-state index in [1.54, 1.807) is 18.3 Å². The zero-order valence-electron chi connectivity index (χ0n) is 17.7. The number of anilines is 3. The Kier molecular flexibility index (Phi) is 5.80. The number of benzene rings is 1. The highest BCUT2D eigenvalue weighted by molar-refractivity contribution is 5.98. The van der Waals surface area contributed by atoms with Gasteiger partial charge in [0.2, 0.25) is 5.96 Å². The van der Waals surface area contributed by atoms with Crippen molar-refractivity contribution in [2.75, 3.05) is 23.3 Å². The van der Waals surface area contributed by atoms with E-state index in [4.69, 9.17) is 16.7 Å². The fourth-order valence-electron chi connectivity index (χ4n) is 4.30. The van der Waals surface area contributed by atoms with E-state index in [0.717, 1.165) is 19.4 Å². The largest absolute Gasteiger partial charge is 0.397 e. The van der Waals surface area contributed by atoms with Crippen molar-refractivity contribution in [1.82, 2.24) is 15.2 Å². The molecule has 1 fully saturated rings. The SMILES string of the molecule is CC1CCCCN1Cc1ccc(C2N=C(NC#N)Nc3nc(N)c(C#N)c(N)c32)cc1F. The average molecular weight is 433 g/mol. The molecule has 0 spiro atoms. The number of piperidine rings is 1.